The third kappa shape index (κ3) is 1.76. The molecule has 3 rings (SSSR count). The van der Waals surface area contributed by atoms with E-state index in [4.69, 9.17) is 4.42 Å². The molecule has 2 heteroatoms. The molecule has 2 aromatic carbocycles. The first kappa shape index (κ1) is 10.8. The lowest BCUT2D eigenvalue weighted by Crippen LogP contribution is -1.81. The van der Waals surface area contributed by atoms with E-state index < -0.39 is 0 Å². The van der Waals surface area contributed by atoms with Crippen molar-refractivity contribution in [2.45, 2.75) is 6.92 Å². The minimum atomic E-state index is 0.954. The minimum absolute atomic E-state index is 0.954. The van der Waals surface area contributed by atoms with E-state index in [1.54, 1.807) is 0 Å². The van der Waals surface area contributed by atoms with Crippen LogP contribution in [0, 0.1) is 10.5 Å². The van der Waals surface area contributed by atoms with Crippen molar-refractivity contribution in [3.8, 4) is 11.3 Å². The summed E-state index contributed by atoms with van der Waals surface area (Å²) >= 11 is 2.36. The molecule has 0 saturated heterocycles. The monoisotopic (exact) mass is 334 g/mol. The van der Waals surface area contributed by atoms with Gasteiger partial charge in [0.25, 0.3) is 0 Å². The quantitative estimate of drug-likeness (QED) is 0.570. The van der Waals surface area contributed by atoms with Crippen molar-refractivity contribution in [2.24, 2.45) is 0 Å². The summed E-state index contributed by atoms with van der Waals surface area (Å²) in [4.78, 5) is 0. The predicted molar refractivity (Wildman–Crippen MR) is 79.1 cm³/mol. The number of benzene rings is 2. The summed E-state index contributed by atoms with van der Waals surface area (Å²) in [5.74, 6) is 0.977. The SMILES string of the molecule is Cc1ccccc1-c1oc2ccccc2c1I. The molecule has 0 fully saturated rings. The van der Waals surface area contributed by atoms with Gasteiger partial charge in [-0.2, -0.15) is 0 Å². The summed E-state index contributed by atoms with van der Waals surface area (Å²) in [6, 6.07) is 16.5. The largest absolute Gasteiger partial charge is 0.455 e. The highest BCUT2D eigenvalue weighted by Gasteiger charge is 2.14. The zero-order chi connectivity index (χ0) is 11.8. The van der Waals surface area contributed by atoms with E-state index in [2.05, 4.69) is 47.7 Å². The molecule has 1 aromatic heterocycles. The number of hydrogen-bond donors (Lipinski definition) is 0. The van der Waals surface area contributed by atoms with Crippen molar-refractivity contribution in [1.29, 1.82) is 0 Å². The van der Waals surface area contributed by atoms with E-state index in [0.29, 0.717) is 0 Å². The fourth-order valence-corrected chi connectivity index (χ4v) is 2.86. The van der Waals surface area contributed by atoms with E-state index in [1.807, 2.05) is 30.3 Å². The Labute approximate surface area is 114 Å². The second-order valence-corrected chi connectivity index (χ2v) is 5.13. The highest BCUT2D eigenvalue weighted by Crippen LogP contribution is 2.35. The van der Waals surface area contributed by atoms with Crippen LogP contribution in [0.15, 0.2) is 52.9 Å². The number of fused-ring (bicyclic) bond motifs is 1. The van der Waals surface area contributed by atoms with E-state index in [9.17, 15) is 0 Å². The van der Waals surface area contributed by atoms with Gasteiger partial charge in [-0.1, -0.05) is 42.5 Å². The van der Waals surface area contributed by atoms with Crippen LogP contribution >= 0.6 is 22.6 Å². The summed E-state index contributed by atoms with van der Waals surface area (Å²) < 4.78 is 7.15. The van der Waals surface area contributed by atoms with Crippen LogP contribution in [0.1, 0.15) is 5.56 Å². The van der Waals surface area contributed by atoms with E-state index >= 15 is 0 Å². The lowest BCUT2D eigenvalue weighted by molar-refractivity contribution is 0.629. The Morgan fingerprint density at radius 3 is 2.41 bits per heavy atom. The van der Waals surface area contributed by atoms with Gasteiger partial charge in [-0.05, 0) is 41.1 Å². The van der Waals surface area contributed by atoms with Crippen LogP contribution in [0.5, 0.6) is 0 Å². The van der Waals surface area contributed by atoms with Gasteiger partial charge in [-0.3, -0.25) is 0 Å². The molecule has 17 heavy (non-hydrogen) atoms. The molecule has 1 nitrogen and oxygen atoms in total. The Balaban J connectivity index is 2.32. The average Bonchev–Trinajstić information content (AvgIpc) is 2.68. The third-order valence-electron chi connectivity index (χ3n) is 2.92. The van der Waals surface area contributed by atoms with Crippen molar-refractivity contribution >= 4 is 33.6 Å². The number of hydrogen-bond acceptors (Lipinski definition) is 1. The first-order chi connectivity index (χ1) is 8.27. The Bertz CT molecular complexity index is 682. The summed E-state index contributed by atoms with van der Waals surface area (Å²) in [6.07, 6.45) is 0. The molecule has 0 aliphatic heterocycles. The van der Waals surface area contributed by atoms with Gasteiger partial charge in [0.15, 0.2) is 0 Å². The van der Waals surface area contributed by atoms with Crippen LogP contribution < -0.4 is 0 Å². The molecule has 0 radical (unpaired) electrons. The molecule has 84 valence electrons. The van der Waals surface area contributed by atoms with Crippen LogP contribution in [-0.4, -0.2) is 0 Å². The Morgan fingerprint density at radius 1 is 0.941 bits per heavy atom. The van der Waals surface area contributed by atoms with Crippen LogP contribution in [0.3, 0.4) is 0 Å². The van der Waals surface area contributed by atoms with Crippen LogP contribution in [-0.2, 0) is 0 Å². The van der Waals surface area contributed by atoms with Gasteiger partial charge in [0.1, 0.15) is 11.3 Å². The molecule has 3 aromatic rings. The maximum absolute atomic E-state index is 5.96. The van der Waals surface area contributed by atoms with Gasteiger partial charge in [-0.25, -0.2) is 0 Å². The molecule has 0 spiro atoms. The molecule has 0 bridgehead atoms. The zero-order valence-electron chi connectivity index (χ0n) is 9.41. The number of halogens is 1. The average molecular weight is 334 g/mol. The van der Waals surface area contributed by atoms with Gasteiger partial charge in [0.05, 0.1) is 3.57 Å². The van der Waals surface area contributed by atoms with Gasteiger partial charge in [0.2, 0.25) is 0 Å². The summed E-state index contributed by atoms with van der Waals surface area (Å²) in [5.41, 5.74) is 3.37. The van der Waals surface area contributed by atoms with Gasteiger partial charge in [0, 0.05) is 10.9 Å². The lowest BCUT2D eigenvalue weighted by atomic mass is 10.1. The molecule has 0 aliphatic rings. The molecule has 0 amide bonds. The van der Waals surface area contributed by atoms with Crippen LogP contribution in [0.25, 0.3) is 22.3 Å². The van der Waals surface area contributed by atoms with Crippen molar-refractivity contribution < 1.29 is 4.42 Å². The Morgan fingerprint density at radius 2 is 1.65 bits per heavy atom. The van der Waals surface area contributed by atoms with E-state index in [1.165, 1.54) is 20.1 Å². The summed E-state index contributed by atoms with van der Waals surface area (Å²) in [5, 5.41) is 1.19. The molecular formula is C15H11IO. The standard InChI is InChI=1S/C15H11IO/c1-10-6-2-3-7-11(10)15-14(16)12-8-4-5-9-13(12)17-15/h2-9H,1H3. The normalized spacial score (nSPS) is 10.9. The number of aryl methyl sites for hydroxylation is 1. The van der Waals surface area contributed by atoms with Gasteiger partial charge >= 0.3 is 0 Å². The van der Waals surface area contributed by atoms with E-state index in [-0.39, 0.29) is 0 Å². The first-order valence-corrected chi connectivity index (χ1v) is 6.58. The number of furan rings is 1. The van der Waals surface area contributed by atoms with Gasteiger partial charge < -0.3 is 4.42 Å². The molecule has 0 unspecified atom stereocenters. The Kier molecular flexibility index (Phi) is 2.67. The second kappa shape index (κ2) is 4.18. The van der Waals surface area contributed by atoms with Crippen molar-refractivity contribution in [1.82, 2.24) is 0 Å². The summed E-state index contributed by atoms with van der Waals surface area (Å²) in [6.45, 7) is 2.11. The smallest absolute Gasteiger partial charge is 0.149 e. The highest BCUT2D eigenvalue weighted by atomic mass is 127. The minimum Gasteiger partial charge on any atom is -0.455 e. The Hall–Kier alpha value is -1.29. The molecule has 0 atom stereocenters. The molecule has 0 aliphatic carbocycles. The van der Waals surface area contributed by atoms with Gasteiger partial charge in [-0.15, -0.1) is 0 Å². The van der Waals surface area contributed by atoms with Crippen molar-refractivity contribution in [2.75, 3.05) is 0 Å². The van der Waals surface area contributed by atoms with E-state index in [0.717, 1.165) is 11.3 Å². The molecule has 0 N–H and O–H groups in total. The molecule has 0 saturated carbocycles. The fourth-order valence-electron chi connectivity index (χ4n) is 2.01. The number of rotatable bonds is 1. The fraction of sp³-hybridized carbons (Fsp3) is 0.0667. The molecular weight excluding hydrogens is 323 g/mol. The zero-order valence-corrected chi connectivity index (χ0v) is 11.6. The van der Waals surface area contributed by atoms with Crippen LogP contribution in [0.2, 0.25) is 0 Å². The second-order valence-electron chi connectivity index (χ2n) is 4.06. The lowest BCUT2D eigenvalue weighted by Gasteiger charge is -2.01. The predicted octanol–water partition coefficient (Wildman–Crippen LogP) is 5.01. The van der Waals surface area contributed by atoms with Crippen molar-refractivity contribution in [3.05, 3.63) is 57.7 Å². The maximum atomic E-state index is 5.96. The first-order valence-electron chi connectivity index (χ1n) is 5.50. The maximum Gasteiger partial charge on any atom is 0.149 e. The van der Waals surface area contributed by atoms with Crippen molar-refractivity contribution in [3.63, 3.8) is 0 Å². The number of para-hydroxylation sites is 1. The highest BCUT2D eigenvalue weighted by molar-refractivity contribution is 14.1. The van der Waals surface area contributed by atoms with Crippen LogP contribution in [0.4, 0.5) is 0 Å². The third-order valence-corrected chi connectivity index (χ3v) is 4.00. The topological polar surface area (TPSA) is 13.1 Å². The summed E-state index contributed by atoms with van der Waals surface area (Å²) in [7, 11) is 0. The molecule has 1 heterocycles.